The molecule has 19 heavy (non-hydrogen) atoms. The molecular formula is C14H15N5. The molecule has 0 amide bonds. The van der Waals surface area contributed by atoms with Crippen LogP contribution in [0.2, 0.25) is 0 Å². The number of piperazine rings is 1. The molecule has 1 aromatic rings. The summed E-state index contributed by atoms with van der Waals surface area (Å²) in [6.45, 7) is 9.85. The van der Waals surface area contributed by atoms with Gasteiger partial charge in [-0.1, -0.05) is 12.5 Å². The standard InChI is InChI=1S/C14H15N5/c1-3-11-4-5-12-10-18(8-9-19(11)12)14-13(15-2)16-6-7-17-14/h1,6-7,11-12H,4-5,8-10H2/t11-,12-/m0/s1. The fraction of sp³-hybridized carbons (Fsp3) is 0.500. The number of rotatable bonds is 1. The Morgan fingerprint density at radius 1 is 1.32 bits per heavy atom. The molecule has 0 spiro atoms. The van der Waals surface area contributed by atoms with E-state index in [2.05, 4.69) is 30.5 Å². The second-order valence-corrected chi connectivity index (χ2v) is 4.91. The molecule has 0 bridgehead atoms. The van der Waals surface area contributed by atoms with Gasteiger partial charge in [0.25, 0.3) is 0 Å². The van der Waals surface area contributed by atoms with E-state index in [9.17, 15) is 0 Å². The van der Waals surface area contributed by atoms with E-state index in [0.717, 1.165) is 32.5 Å². The predicted octanol–water partition coefficient (Wildman–Crippen LogP) is 1.31. The molecule has 0 radical (unpaired) electrons. The second kappa shape index (κ2) is 4.87. The first kappa shape index (κ1) is 12.0. The van der Waals surface area contributed by atoms with Crippen molar-refractivity contribution in [2.24, 2.45) is 0 Å². The number of nitrogens with zero attached hydrogens (tertiary/aromatic N) is 5. The highest BCUT2D eigenvalue weighted by molar-refractivity contribution is 5.61. The van der Waals surface area contributed by atoms with Crippen molar-refractivity contribution < 1.29 is 0 Å². The van der Waals surface area contributed by atoms with E-state index in [1.165, 1.54) is 0 Å². The van der Waals surface area contributed by atoms with Gasteiger partial charge in [0, 0.05) is 25.7 Å². The van der Waals surface area contributed by atoms with Crippen molar-refractivity contribution in [3.8, 4) is 12.3 Å². The van der Waals surface area contributed by atoms with E-state index in [-0.39, 0.29) is 6.04 Å². The molecule has 0 saturated carbocycles. The van der Waals surface area contributed by atoms with Crippen LogP contribution in [0.25, 0.3) is 4.85 Å². The Morgan fingerprint density at radius 2 is 2.16 bits per heavy atom. The highest BCUT2D eigenvalue weighted by Crippen LogP contribution is 2.31. The van der Waals surface area contributed by atoms with Gasteiger partial charge in [0.2, 0.25) is 0 Å². The third-order valence-corrected chi connectivity index (χ3v) is 3.96. The van der Waals surface area contributed by atoms with Crippen molar-refractivity contribution in [1.82, 2.24) is 14.9 Å². The zero-order valence-corrected chi connectivity index (χ0v) is 10.7. The summed E-state index contributed by atoms with van der Waals surface area (Å²) in [4.78, 5) is 16.4. The third kappa shape index (κ3) is 2.03. The van der Waals surface area contributed by atoms with Gasteiger partial charge in [0.15, 0.2) is 5.82 Å². The SMILES string of the molecule is [C-]#[N+]c1nccnc1N1CCN2[C@@H](CC[C@@H]2C#C)C1. The summed E-state index contributed by atoms with van der Waals surface area (Å²) in [7, 11) is 0. The van der Waals surface area contributed by atoms with Gasteiger partial charge in [-0.3, -0.25) is 4.90 Å². The lowest BCUT2D eigenvalue weighted by Gasteiger charge is -2.39. The van der Waals surface area contributed by atoms with Crippen LogP contribution in [-0.4, -0.2) is 46.6 Å². The Balaban J connectivity index is 1.80. The average Bonchev–Trinajstić information content (AvgIpc) is 2.89. The molecule has 0 aliphatic carbocycles. The van der Waals surface area contributed by atoms with Crippen LogP contribution >= 0.6 is 0 Å². The topological polar surface area (TPSA) is 36.6 Å². The van der Waals surface area contributed by atoms with Gasteiger partial charge in [-0.2, -0.15) is 0 Å². The molecule has 2 fully saturated rings. The molecule has 3 heterocycles. The van der Waals surface area contributed by atoms with Gasteiger partial charge in [-0.25, -0.2) is 4.98 Å². The normalized spacial score (nSPS) is 26.5. The van der Waals surface area contributed by atoms with Crippen LogP contribution in [0.4, 0.5) is 11.6 Å². The maximum Gasteiger partial charge on any atom is 0.312 e. The number of hydrogen-bond donors (Lipinski definition) is 0. The maximum absolute atomic E-state index is 7.17. The van der Waals surface area contributed by atoms with Gasteiger partial charge in [-0.15, -0.1) is 11.4 Å². The first-order valence-corrected chi connectivity index (χ1v) is 6.48. The van der Waals surface area contributed by atoms with Crippen molar-refractivity contribution in [2.45, 2.75) is 24.9 Å². The monoisotopic (exact) mass is 253 g/mol. The summed E-state index contributed by atoms with van der Waals surface area (Å²) in [5.74, 6) is 3.97. The second-order valence-electron chi connectivity index (χ2n) is 4.91. The van der Waals surface area contributed by atoms with E-state index in [0.29, 0.717) is 17.7 Å². The minimum Gasteiger partial charge on any atom is -0.361 e. The maximum atomic E-state index is 7.17. The highest BCUT2D eigenvalue weighted by atomic mass is 15.3. The largest absolute Gasteiger partial charge is 0.361 e. The molecule has 2 aliphatic heterocycles. The Hall–Kier alpha value is -2.11. The lowest BCUT2D eigenvalue weighted by Crippen LogP contribution is -2.52. The summed E-state index contributed by atoms with van der Waals surface area (Å²) < 4.78 is 0. The van der Waals surface area contributed by atoms with Crippen LogP contribution in [-0.2, 0) is 0 Å². The molecule has 0 aromatic carbocycles. The Morgan fingerprint density at radius 3 is 2.95 bits per heavy atom. The minimum absolute atomic E-state index is 0.286. The van der Waals surface area contributed by atoms with Crippen molar-refractivity contribution in [2.75, 3.05) is 24.5 Å². The number of fused-ring (bicyclic) bond motifs is 1. The average molecular weight is 253 g/mol. The molecule has 2 saturated heterocycles. The van der Waals surface area contributed by atoms with Crippen LogP contribution in [0.15, 0.2) is 12.4 Å². The Bertz CT molecular complexity index is 556. The molecule has 0 unspecified atom stereocenters. The highest BCUT2D eigenvalue weighted by Gasteiger charge is 2.37. The minimum atomic E-state index is 0.286. The smallest absolute Gasteiger partial charge is 0.312 e. The number of aromatic nitrogens is 2. The van der Waals surface area contributed by atoms with Crippen molar-refractivity contribution in [1.29, 1.82) is 0 Å². The van der Waals surface area contributed by atoms with Crippen molar-refractivity contribution in [3.63, 3.8) is 0 Å². The lowest BCUT2D eigenvalue weighted by molar-refractivity contribution is 0.203. The van der Waals surface area contributed by atoms with Crippen LogP contribution in [0.1, 0.15) is 12.8 Å². The van der Waals surface area contributed by atoms with Crippen LogP contribution in [0.3, 0.4) is 0 Å². The Kier molecular flexibility index (Phi) is 3.06. The van der Waals surface area contributed by atoms with E-state index in [1.54, 1.807) is 12.4 Å². The quantitative estimate of drug-likeness (QED) is 0.558. The summed E-state index contributed by atoms with van der Waals surface area (Å²) in [5, 5.41) is 0. The molecule has 1 aromatic heterocycles. The van der Waals surface area contributed by atoms with Gasteiger partial charge >= 0.3 is 5.82 Å². The zero-order valence-electron chi connectivity index (χ0n) is 10.7. The van der Waals surface area contributed by atoms with E-state index >= 15 is 0 Å². The fourth-order valence-corrected chi connectivity index (χ4v) is 3.05. The first-order chi connectivity index (χ1) is 9.33. The molecule has 5 heteroatoms. The number of anilines is 1. The van der Waals surface area contributed by atoms with Crippen LogP contribution in [0, 0.1) is 18.9 Å². The molecule has 3 rings (SSSR count). The molecule has 96 valence electrons. The summed E-state index contributed by atoms with van der Waals surface area (Å²) in [6, 6.07) is 0.768. The van der Waals surface area contributed by atoms with E-state index in [4.69, 9.17) is 13.0 Å². The van der Waals surface area contributed by atoms with Gasteiger partial charge in [0.1, 0.15) is 6.20 Å². The number of terminal acetylenes is 1. The first-order valence-electron chi connectivity index (χ1n) is 6.48. The lowest BCUT2D eigenvalue weighted by atomic mass is 10.1. The zero-order chi connectivity index (χ0) is 13.2. The summed E-state index contributed by atoms with van der Waals surface area (Å²) >= 11 is 0. The van der Waals surface area contributed by atoms with Crippen LogP contribution in [0.5, 0.6) is 0 Å². The summed E-state index contributed by atoms with van der Waals surface area (Å²) in [5.41, 5.74) is 0. The molecule has 5 nitrogen and oxygen atoms in total. The van der Waals surface area contributed by atoms with Gasteiger partial charge in [-0.05, 0) is 12.8 Å². The Labute approximate surface area is 113 Å². The van der Waals surface area contributed by atoms with Crippen LogP contribution < -0.4 is 4.90 Å². The van der Waals surface area contributed by atoms with Crippen molar-refractivity contribution in [3.05, 3.63) is 23.8 Å². The molecule has 2 atom stereocenters. The van der Waals surface area contributed by atoms with Gasteiger partial charge in [0.05, 0.1) is 12.2 Å². The third-order valence-electron chi connectivity index (χ3n) is 3.96. The fourth-order valence-electron chi connectivity index (χ4n) is 3.05. The molecular weight excluding hydrogens is 238 g/mol. The van der Waals surface area contributed by atoms with E-state index in [1.807, 2.05) is 0 Å². The van der Waals surface area contributed by atoms with E-state index < -0.39 is 0 Å². The van der Waals surface area contributed by atoms with Gasteiger partial charge < -0.3 is 9.74 Å². The molecule has 0 N–H and O–H groups in total. The number of hydrogen-bond acceptors (Lipinski definition) is 4. The summed E-state index contributed by atoms with van der Waals surface area (Å²) in [6.07, 6.45) is 11.0. The molecule has 2 aliphatic rings. The predicted molar refractivity (Wildman–Crippen MR) is 72.9 cm³/mol. The van der Waals surface area contributed by atoms with Crippen molar-refractivity contribution >= 4 is 11.6 Å².